The standard InChI is InChI=1S/C23H39BrN2O3S/c1-4-26(5-2)18-8-6-7-9-19-29-22-14-12-21(13-15-22)25(3)30(27,28)23-16-10-20(24)11-17-23/h10-11,16-17,21-22H,4-9,12-15,18-19H2,1-3H3/t21-,22-. The summed E-state index contributed by atoms with van der Waals surface area (Å²) in [7, 11) is -1.73. The van der Waals surface area contributed by atoms with Crippen LogP contribution in [0, 0.1) is 0 Å². The van der Waals surface area contributed by atoms with Gasteiger partial charge in [-0.15, -0.1) is 0 Å². The number of rotatable bonds is 13. The quantitative estimate of drug-likeness (QED) is 0.343. The van der Waals surface area contributed by atoms with Crippen molar-refractivity contribution in [1.29, 1.82) is 0 Å². The lowest BCUT2D eigenvalue weighted by atomic mass is 9.93. The van der Waals surface area contributed by atoms with Gasteiger partial charge in [-0.2, -0.15) is 4.31 Å². The SMILES string of the molecule is CCN(CC)CCCCCCO[C@H]1CC[C@H](N(C)S(=O)(=O)c2ccc(Br)cc2)CC1. The van der Waals surface area contributed by atoms with Crippen LogP contribution in [0.5, 0.6) is 0 Å². The summed E-state index contributed by atoms with van der Waals surface area (Å²) >= 11 is 3.36. The fourth-order valence-electron chi connectivity index (χ4n) is 4.13. The summed E-state index contributed by atoms with van der Waals surface area (Å²) < 4.78 is 34.3. The van der Waals surface area contributed by atoms with Gasteiger partial charge in [0.05, 0.1) is 11.0 Å². The van der Waals surface area contributed by atoms with E-state index in [1.807, 2.05) is 0 Å². The molecule has 0 spiro atoms. The molecule has 0 unspecified atom stereocenters. The highest BCUT2D eigenvalue weighted by Gasteiger charge is 2.31. The number of hydrogen-bond acceptors (Lipinski definition) is 4. The van der Waals surface area contributed by atoms with Crippen LogP contribution < -0.4 is 0 Å². The first-order chi connectivity index (χ1) is 14.4. The molecule has 0 saturated heterocycles. The summed E-state index contributed by atoms with van der Waals surface area (Å²) in [5.74, 6) is 0. The van der Waals surface area contributed by atoms with Gasteiger partial charge in [0.2, 0.25) is 10.0 Å². The normalized spacial score (nSPS) is 20.2. The lowest BCUT2D eigenvalue weighted by molar-refractivity contribution is 0.0156. The molecular formula is C23H39BrN2O3S. The molecular weight excluding hydrogens is 464 g/mol. The maximum absolute atomic E-state index is 12.9. The van der Waals surface area contributed by atoms with E-state index in [9.17, 15) is 8.42 Å². The van der Waals surface area contributed by atoms with E-state index >= 15 is 0 Å². The van der Waals surface area contributed by atoms with Crippen molar-refractivity contribution in [1.82, 2.24) is 9.21 Å². The van der Waals surface area contributed by atoms with Crippen LogP contribution in [0.2, 0.25) is 0 Å². The van der Waals surface area contributed by atoms with E-state index in [0.717, 1.165) is 56.3 Å². The van der Waals surface area contributed by atoms with Crippen molar-refractivity contribution in [2.45, 2.75) is 82.3 Å². The molecule has 30 heavy (non-hydrogen) atoms. The molecule has 1 saturated carbocycles. The van der Waals surface area contributed by atoms with Crippen LogP contribution in [0.15, 0.2) is 33.6 Å². The summed E-state index contributed by atoms with van der Waals surface area (Å²) in [4.78, 5) is 2.83. The van der Waals surface area contributed by atoms with E-state index in [4.69, 9.17) is 4.74 Å². The van der Waals surface area contributed by atoms with Gasteiger partial charge < -0.3 is 9.64 Å². The Balaban J connectivity index is 1.64. The first-order valence-electron chi connectivity index (χ1n) is 11.5. The van der Waals surface area contributed by atoms with Gasteiger partial charge in [-0.3, -0.25) is 0 Å². The first-order valence-corrected chi connectivity index (χ1v) is 13.7. The van der Waals surface area contributed by atoms with E-state index in [1.165, 1.54) is 25.8 Å². The second-order valence-electron chi connectivity index (χ2n) is 8.22. The average molecular weight is 504 g/mol. The zero-order valence-electron chi connectivity index (χ0n) is 18.9. The Kier molecular flexibility index (Phi) is 11.3. The molecule has 0 N–H and O–H groups in total. The van der Waals surface area contributed by atoms with Crippen LogP contribution in [0.3, 0.4) is 0 Å². The number of sulfonamides is 1. The van der Waals surface area contributed by atoms with Crippen LogP contribution in [0.1, 0.15) is 65.2 Å². The van der Waals surface area contributed by atoms with Gasteiger partial charge in [0.1, 0.15) is 0 Å². The van der Waals surface area contributed by atoms with E-state index in [0.29, 0.717) is 4.90 Å². The van der Waals surface area contributed by atoms with Crippen molar-refractivity contribution in [3.05, 3.63) is 28.7 Å². The highest BCUT2D eigenvalue weighted by atomic mass is 79.9. The van der Waals surface area contributed by atoms with Gasteiger partial charge in [-0.25, -0.2) is 8.42 Å². The average Bonchev–Trinajstić information content (AvgIpc) is 2.76. The summed E-state index contributed by atoms with van der Waals surface area (Å²) in [5.41, 5.74) is 0. The zero-order chi connectivity index (χ0) is 22.0. The molecule has 0 radical (unpaired) electrons. The zero-order valence-corrected chi connectivity index (χ0v) is 21.3. The lowest BCUT2D eigenvalue weighted by Crippen LogP contribution is -2.40. The molecule has 1 aliphatic carbocycles. The van der Waals surface area contributed by atoms with Gasteiger partial charge in [0.15, 0.2) is 0 Å². The molecule has 1 fully saturated rings. The molecule has 0 amide bonds. The van der Waals surface area contributed by atoms with Gasteiger partial charge in [0, 0.05) is 24.2 Å². The molecule has 1 aliphatic rings. The number of benzene rings is 1. The third-order valence-electron chi connectivity index (χ3n) is 6.27. The van der Waals surface area contributed by atoms with Gasteiger partial charge in [0.25, 0.3) is 0 Å². The molecule has 0 bridgehead atoms. The minimum Gasteiger partial charge on any atom is -0.378 e. The summed E-state index contributed by atoms with van der Waals surface area (Å²) in [5, 5.41) is 0. The molecule has 0 heterocycles. The molecule has 7 heteroatoms. The van der Waals surface area contributed by atoms with Gasteiger partial charge in [-0.05, 0) is 82.4 Å². The predicted molar refractivity (Wildman–Crippen MR) is 127 cm³/mol. The van der Waals surface area contributed by atoms with Crippen LogP contribution >= 0.6 is 15.9 Å². The second kappa shape index (κ2) is 13.2. The van der Waals surface area contributed by atoms with Crippen molar-refractivity contribution in [3.63, 3.8) is 0 Å². The highest BCUT2D eigenvalue weighted by molar-refractivity contribution is 9.10. The maximum atomic E-state index is 12.9. The number of nitrogens with zero attached hydrogens (tertiary/aromatic N) is 2. The Labute approximate surface area is 192 Å². The Morgan fingerprint density at radius 3 is 2.17 bits per heavy atom. The van der Waals surface area contributed by atoms with Gasteiger partial charge >= 0.3 is 0 Å². The van der Waals surface area contributed by atoms with Crippen molar-refractivity contribution in [3.8, 4) is 0 Å². The topological polar surface area (TPSA) is 49.9 Å². The molecule has 5 nitrogen and oxygen atoms in total. The largest absolute Gasteiger partial charge is 0.378 e. The number of ether oxygens (including phenoxy) is 1. The fraction of sp³-hybridized carbons (Fsp3) is 0.739. The minimum absolute atomic E-state index is 0.0542. The lowest BCUT2D eigenvalue weighted by Gasteiger charge is -2.34. The molecule has 1 aromatic carbocycles. The highest BCUT2D eigenvalue weighted by Crippen LogP contribution is 2.28. The molecule has 0 atom stereocenters. The van der Waals surface area contributed by atoms with E-state index < -0.39 is 10.0 Å². The molecule has 0 aromatic heterocycles. The third kappa shape index (κ3) is 7.90. The Hall–Kier alpha value is -0.470. The molecule has 172 valence electrons. The summed E-state index contributed by atoms with van der Waals surface area (Å²) in [6.07, 6.45) is 8.76. The van der Waals surface area contributed by atoms with Crippen LogP contribution in [0.4, 0.5) is 0 Å². The van der Waals surface area contributed by atoms with Gasteiger partial charge in [-0.1, -0.05) is 42.6 Å². The van der Waals surface area contributed by atoms with Crippen LogP contribution in [-0.2, 0) is 14.8 Å². The number of hydrogen-bond donors (Lipinski definition) is 0. The monoisotopic (exact) mass is 502 g/mol. The van der Waals surface area contributed by atoms with Crippen molar-refractivity contribution in [2.24, 2.45) is 0 Å². The fourth-order valence-corrected chi connectivity index (χ4v) is 5.81. The van der Waals surface area contributed by atoms with Crippen LogP contribution in [-0.4, -0.2) is 63.1 Å². The first kappa shape index (κ1) is 25.8. The smallest absolute Gasteiger partial charge is 0.243 e. The van der Waals surface area contributed by atoms with E-state index in [1.54, 1.807) is 35.6 Å². The molecule has 0 aliphatic heterocycles. The Bertz CT molecular complexity index is 700. The Morgan fingerprint density at radius 1 is 0.967 bits per heavy atom. The minimum atomic E-state index is -3.44. The third-order valence-corrected chi connectivity index (χ3v) is 8.72. The van der Waals surface area contributed by atoms with Crippen molar-refractivity contribution in [2.75, 3.05) is 33.3 Å². The second-order valence-corrected chi connectivity index (χ2v) is 11.1. The molecule has 2 rings (SSSR count). The molecule has 1 aromatic rings. The predicted octanol–water partition coefficient (Wildman–Crippen LogP) is 5.30. The number of unbranched alkanes of at least 4 members (excludes halogenated alkanes) is 3. The van der Waals surface area contributed by atoms with E-state index in [-0.39, 0.29) is 12.1 Å². The van der Waals surface area contributed by atoms with Crippen LogP contribution in [0.25, 0.3) is 0 Å². The Morgan fingerprint density at radius 2 is 1.57 bits per heavy atom. The summed E-state index contributed by atoms with van der Waals surface area (Å²) in [6, 6.07) is 6.92. The van der Waals surface area contributed by atoms with Crippen molar-refractivity contribution < 1.29 is 13.2 Å². The van der Waals surface area contributed by atoms with E-state index in [2.05, 4.69) is 34.7 Å². The van der Waals surface area contributed by atoms with Crippen molar-refractivity contribution >= 4 is 26.0 Å². The maximum Gasteiger partial charge on any atom is 0.243 e. The summed E-state index contributed by atoms with van der Waals surface area (Å²) in [6.45, 7) is 8.76. The number of halogens is 1.